The summed E-state index contributed by atoms with van der Waals surface area (Å²) < 4.78 is 5.49. The van der Waals surface area contributed by atoms with Crippen molar-refractivity contribution in [3.05, 3.63) is 51.7 Å². The first-order chi connectivity index (χ1) is 12.0. The number of imide groups is 2. The molecule has 0 saturated carbocycles. The quantitative estimate of drug-likeness (QED) is 0.675. The maximum absolute atomic E-state index is 12.8. The molecule has 25 heavy (non-hydrogen) atoms. The van der Waals surface area contributed by atoms with Crippen molar-refractivity contribution in [2.75, 3.05) is 11.5 Å². The normalized spacial score (nSPS) is 16.3. The number of carbonyl (C=O) groups excluding carboxylic acids is 3. The van der Waals surface area contributed by atoms with E-state index in [0.717, 1.165) is 14.7 Å². The van der Waals surface area contributed by atoms with E-state index in [2.05, 4.69) is 5.32 Å². The van der Waals surface area contributed by atoms with Gasteiger partial charge in [0.15, 0.2) is 0 Å². The zero-order valence-electron chi connectivity index (χ0n) is 13.7. The van der Waals surface area contributed by atoms with Crippen LogP contribution in [0.2, 0.25) is 0 Å². The lowest BCUT2D eigenvalue weighted by molar-refractivity contribution is -0.122. The Kier molecular flexibility index (Phi) is 4.67. The molecule has 1 aliphatic heterocycles. The molecule has 3 rings (SSSR count). The van der Waals surface area contributed by atoms with Crippen LogP contribution in [-0.2, 0) is 9.59 Å². The van der Waals surface area contributed by atoms with Crippen molar-refractivity contribution in [1.29, 1.82) is 0 Å². The third-order valence-corrected chi connectivity index (χ3v) is 4.50. The smallest absolute Gasteiger partial charge is 0.336 e. The molecule has 1 fully saturated rings. The lowest BCUT2D eigenvalue weighted by Crippen LogP contribution is -2.54. The second-order valence-corrected chi connectivity index (χ2v) is 6.63. The second kappa shape index (κ2) is 6.90. The molecule has 6 nitrogen and oxygen atoms in total. The molecule has 0 atom stereocenters. The van der Waals surface area contributed by atoms with Gasteiger partial charge >= 0.3 is 6.03 Å². The Hall–Kier alpha value is -2.93. The average Bonchev–Trinajstić information content (AvgIpc) is 2.98. The number of nitrogens with one attached hydrogen (secondary N) is 1. The molecular weight excluding hydrogens is 340 g/mol. The fraction of sp³-hybridized carbons (Fsp3) is 0.167. The van der Waals surface area contributed by atoms with E-state index >= 15 is 0 Å². The molecule has 4 amide bonds. The van der Waals surface area contributed by atoms with Crippen molar-refractivity contribution < 1.29 is 19.1 Å². The molecule has 1 aromatic heterocycles. The second-order valence-electron chi connectivity index (χ2n) is 5.31. The fourth-order valence-electron chi connectivity index (χ4n) is 2.47. The molecule has 2 heterocycles. The molecule has 1 aromatic carbocycles. The van der Waals surface area contributed by atoms with Gasteiger partial charge in [-0.3, -0.25) is 14.9 Å². The Morgan fingerprint density at radius 1 is 1.16 bits per heavy atom. The van der Waals surface area contributed by atoms with E-state index in [1.165, 1.54) is 17.4 Å². The SMILES string of the molecule is CCOc1ccccc1N1C(=O)NC(=O)/C(=C\c2ccc(C)s2)C1=O. The monoisotopic (exact) mass is 356 g/mol. The van der Waals surface area contributed by atoms with Gasteiger partial charge in [-0.15, -0.1) is 11.3 Å². The lowest BCUT2D eigenvalue weighted by Gasteiger charge is -2.27. The Morgan fingerprint density at radius 3 is 2.60 bits per heavy atom. The van der Waals surface area contributed by atoms with Crippen LogP contribution in [0.4, 0.5) is 10.5 Å². The maximum atomic E-state index is 12.8. The van der Waals surface area contributed by atoms with Crippen molar-refractivity contribution in [2.45, 2.75) is 13.8 Å². The van der Waals surface area contributed by atoms with Gasteiger partial charge in [0.1, 0.15) is 11.3 Å². The molecule has 128 valence electrons. The van der Waals surface area contributed by atoms with Gasteiger partial charge < -0.3 is 4.74 Å². The molecule has 1 aliphatic rings. The minimum atomic E-state index is -0.790. The number of barbiturate groups is 1. The Bertz CT molecular complexity index is 885. The molecule has 0 unspecified atom stereocenters. The van der Waals surface area contributed by atoms with Gasteiger partial charge in [-0.05, 0) is 44.2 Å². The highest BCUT2D eigenvalue weighted by molar-refractivity contribution is 7.12. The average molecular weight is 356 g/mol. The highest BCUT2D eigenvalue weighted by Gasteiger charge is 2.38. The van der Waals surface area contributed by atoms with Crippen molar-refractivity contribution >= 4 is 40.9 Å². The van der Waals surface area contributed by atoms with Crippen LogP contribution >= 0.6 is 11.3 Å². The molecule has 1 N–H and O–H groups in total. The lowest BCUT2D eigenvalue weighted by atomic mass is 10.1. The summed E-state index contributed by atoms with van der Waals surface area (Å²) in [6, 6.07) is 9.64. The Morgan fingerprint density at radius 2 is 1.92 bits per heavy atom. The van der Waals surface area contributed by atoms with Crippen LogP contribution in [0.3, 0.4) is 0 Å². The number of nitrogens with zero attached hydrogens (tertiary/aromatic N) is 1. The minimum Gasteiger partial charge on any atom is -0.492 e. The zero-order chi connectivity index (χ0) is 18.0. The molecule has 0 bridgehead atoms. The van der Waals surface area contributed by atoms with Crippen molar-refractivity contribution in [2.24, 2.45) is 0 Å². The standard InChI is InChI=1S/C18H16N2O4S/c1-3-24-15-7-5-4-6-14(15)20-17(22)13(16(21)19-18(20)23)10-12-9-8-11(2)25-12/h4-10H,3H2,1-2H3,(H,19,21,23)/b13-10+. The third kappa shape index (κ3) is 3.32. The molecule has 2 aromatic rings. The summed E-state index contributed by atoms with van der Waals surface area (Å²) >= 11 is 1.46. The van der Waals surface area contributed by atoms with Crippen LogP contribution < -0.4 is 15.0 Å². The Labute approximate surface area is 148 Å². The van der Waals surface area contributed by atoms with Crippen LogP contribution in [0.1, 0.15) is 16.7 Å². The fourth-order valence-corrected chi connectivity index (χ4v) is 3.29. The van der Waals surface area contributed by atoms with Gasteiger partial charge in [0.05, 0.1) is 12.3 Å². The van der Waals surface area contributed by atoms with E-state index in [-0.39, 0.29) is 5.57 Å². The summed E-state index contributed by atoms with van der Waals surface area (Å²) in [4.78, 5) is 40.0. The number of aryl methyl sites for hydroxylation is 1. The number of hydrogen-bond donors (Lipinski definition) is 1. The summed E-state index contributed by atoms with van der Waals surface area (Å²) in [6.45, 7) is 4.13. The predicted octanol–water partition coefficient (Wildman–Crippen LogP) is 3.12. The van der Waals surface area contributed by atoms with Crippen molar-refractivity contribution in [3.63, 3.8) is 0 Å². The van der Waals surface area contributed by atoms with Crippen LogP contribution in [-0.4, -0.2) is 24.5 Å². The van der Waals surface area contributed by atoms with Gasteiger partial charge in [-0.1, -0.05) is 12.1 Å². The molecule has 0 radical (unpaired) electrons. The van der Waals surface area contributed by atoms with Crippen LogP contribution in [0.5, 0.6) is 5.75 Å². The van der Waals surface area contributed by atoms with Crippen LogP contribution in [0, 0.1) is 6.92 Å². The summed E-state index contributed by atoms with van der Waals surface area (Å²) in [5.41, 5.74) is 0.209. The zero-order valence-corrected chi connectivity index (χ0v) is 14.6. The number of carbonyl (C=O) groups is 3. The van der Waals surface area contributed by atoms with Crippen molar-refractivity contribution in [1.82, 2.24) is 5.32 Å². The topological polar surface area (TPSA) is 75.7 Å². The highest BCUT2D eigenvalue weighted by Crippen LogP contribution is 2.31. The van der Waals surface area contributed by atoms with Gasteiger partial charge in [-0.2, -0.15) is 0 Å². The Balaban J connectivity index is 2.03. The van der Waals surface area contributed by atoms with Gasteiger partial charge in [0.2, 0.25) is 0 Å². The number of ether oxygens (including phenoxy) is 1. The largest absolute Gasteiger partial charge is 0.492 e. The molecular formula is C18H16N2O4S. The number of para-hydroxylation sites is 2. The van der Waals surface area contributed by atoms with E-state index in [1.54, 1.807) is 24.3 Å². The number of anilines is 1. The van der Waals surface area contributed by atoms with Crippen molar-refractivity contribution in [3.8, 4) is 5.75 Å². The maximum Gasteiger partial charge on any atom is 0.336 e. The number of thiophene rings is 1. The number of urea groups is 1. The number of rotatable bonds is 4. The first-order valence-corrected chi connectivity index (χ1v) is 8.52. The molecule has 1 saturated heterocycles. The predicted molar refractivity (Wildman–Crippen MR) is 95.7 cm³/mol. The summed E-state index contributed by atoms with van der Waals surface area (Å²) in [6.07, 6.45) is 1.50. The number of hydrogen-bond acceptors (Lipinski definition) is 5. The molecule has 0 aliphatic carbocycles. The van der Waals surface area contributed by atoms with Gasteiger partial charge in [-0.25, -0.2) is 9.69 Å². The van der Waals surface area contributed by atoms with E-state index in [9.17, 15) is 14.4 Å². The highest BCUT2D eigenvalue weighted by atomic mass is 32.1. The van der Waals surface area contributed by atoms with E-state index in [0.29, 0.717) is 18.0 Å². The van der Waals surface area contributed by atoms with Crippen LogP contribution in [0.15, 0.2) is 42.0 Å². The number of benzene rings is 1. The van der Waals surface area contributed by atoms with E-state index < -0.39 is 17.8 Å². The molecule has 7 heteroatoms. The minimum absolute atomic E-state index is 0.0900. The van der Waals surface area contributed by atoms with Gasteiger partial charge in [0, 0.05) is 9.75 Å². The first kappa shape index (κ1) is 16.9. The summed E-state index contributed by atoms with van der Waals surface area (Å²) in [5.74, 6) is -0.979. The molecule has 0 spiro atoms. The summed E-state index contributed by atoms with van der Waals surface area (Å²) in [7, 11) is 0. The number of amides is 4. The van der Waals surface area contributed by atoms with Crippen LogP contribution in [0.25, 0.3) is 6.08 Å². The van der Waals surface area contributed by atoms with E-state index in [4.69, 9.17) is 4.74 Å². The van der Waals surface area contributed by atoms with Gasteiger partial charge in [0.25, 0.3) is 11.8 Å². The first-order valence-electron chi connectivity index (χ1n) is 7.71. The van der Waals surface area contributed by atoms with E-state index in [1.807, 2.05) is 26.0 Å². The summed E-state index contributed by atoms with van der Waals surface area (Å²) in [5, 5.41) is 2.21. The third-order valence-electron chi connectivity index (χ3n) is 3.56.